The van der Waals surface area contributed by atoms with E-state index in [9.17, 15) is 10.1 Å². The summed E-state index contributed by atoms with van der Waals surface area (Å²) in [7, 11) is 0. The highest BCUT2D eigenvalue weighted by atomic mass is 16.1. The summed E-state index contributed by atoms with van der Waals surface area (Å²) in [5.74, 6) is 0.148. The van der Waals surface area contributed by atoms with Crippen LogP contribution in [0.2, 0.25) is 0 Å². The average Bonchev–Trinajstić information content (AvgIpc) is 3.22. The van der Waals surface area contributed by atoms with E-state index < -0.39 is 0 Å². The molecule has 164 valence electrons. The van der Waals surface area contributed by atoms with Gasteiger partial charge in [-0.1, -0.05) is 33.8 Å². The van der Waals surface area contributed by atoms with Crippen LogP contribution in [-0.2, 0) is 18.3 Å². The number of hydrogen-bond acceptors (Lipinski definition) is 4. The van der Waals surface area contributed by atoms with Gasteiger partial charge >= 0.3 is 0 Å². The molecule has 0 atom stereocenters. The van der Waals surface area contributed by atoms with E-state index in [1.165, 1.54) is 16.8 Å². The summed E-state index contributed by atoms with van der Waals surface area (Å²) >= 11 is 0. The number of anilines is 1. The van der Waals surface area contributed by atoms with Crippen molar-refractivity contribution in [1.29, 1.82) is 5.26 Å². The Balaban J connectivity index is 1.60. The van der Waals surface area contributed by atoms with Crippen molar-refractivity contribution in [2.24, 2.45) is 0 Å². The third-order valence-electron chi connectivity index (χ3n) is 7.83. The Morgan fingerprint density at radius 2 is 1.78 bits per heavy atom. The molecule has 1 fully saturated rings. The number of nitrogens with zero attached hydrogens (tertiary/aromatic N) is 3. The number of fused-ring (bicyclic) bond motifs is 3. The molecule has 0 aromatic heterocycles. The van der Waals surface area contributed by atoms with E-state index in [0.29, 0.717) is 5.56 Å². The van der Waals surface area contributed by atoms with Crippen molar-refractivity contribution in [3.8, 4) is 6.07 Å². The summed E-state index contributed by atoms with van der Waals surface area (Å²) in [6.07, 6.45) is 1.66. The van der Waals surface area contributed by atoms with Gasteiger partial charge in [-0.15, -0.1) is 0 Å². The quantitative estimate of drug-likeness (QED) is 0.712. The van der Waals surface area contributed by atoms with Crippen LogP contribution in [0.15, 0.2) is 35.9 Å². The number of Topliss-reactive ketones (excluding diaryl/α,β-unsaturated/α-hetero) is 1. The molecular weight excluding hydrogens is 394 g/mol. The van der Waals surface area contributed by atoms with Crippen LogP contribution >= 0.6 is 0 Å². The first kappa shape index (κ1) is 21.0. The molecule has 4 heteroatoms. The predicted molar refractivity (Wildman–Crippen MR) is 129 cm³/mol. The first-order valence-corrected chi connectivity index (χ1v) is 11.9. The van der Waals surface area contributed by atoms with Gasteiger partial charge in [0.15, 0.2) is 5.78 Å². The van der Waals surface area contributed by atoms with Gasteiger partial charge in [0.25, 0.3) is 0 Å². The third kappa shape index (κ3) is 3.03. The predicted octanol–water partition coefficient (Wildman–Crippen LogP) is 4.75. The lowest BCUT2D eigenvalue weighted by Crippen LogP contribution is -2.46. The number of allylic oxidation sites excluding steroid dienone is 2. The second kappa shape index (κ2) is 7.60. The Morgan fingerprint density at radius 3 is 2.44 bits per heavy atom. The summed E-state index contributed by atoms with van der Waals surface area (Å²) < 4.78 is 0. The molecule has 4 nitrogen and oxygen atoms in total. The lowest BCUT2D eigenvalue weighted by atomic mass is 9.68. The standard InChI is InChI=1S/C28H31N3O/c1-5-19-14-22-23(16-25(19)31-11-9-30(6-2)10-12-31)28(3,4)24-15-20-13-18(17-29)7-8-21(20)26(24)27(22)32/h7-8,13-14,16H,5-6,9-12,15H2,1-4H3. The van der Waals surface area contributed by atoms with E-state index >= 15 is 0 Å². The van der Waals surface area contributed by atoms with Gasteiger partial charge in [0.2, 0.25) is 0 Å². The molecule has 1 aliphatic heterocycles. The fourth-order valence-electron chi connectivity index (χ4n) is 5.81. The smallest absolute Gasteiger partial charge is 0.193 e. The fraction of sp³-hybridized carbons (Fsp3) is 0.429. The number of carbonyl (C=O) groups is 1. The molecule has 0 N–H and O–H groups in total. The van der Waals surface area contributed by atoms with Crippen molar-refractivity contribution < 1.29 is 4.79 Å². The average molecular weight is 426 g/mol. The third-order valence-corrected chi connectivity index (χ3v) is 7.83. The topological polar surface area (TPSA) is 47.3 Å². The number of aryl methyl sites for hydroxylation is 1. The van der Waals surface area contributed by atoms with Crippen LogP contribution in [0.5, 0.6) is 0 Å². The first-order chi connectivity index (χ1) is 15.4. The van der Waals surface area contributed by atoms with Crippen LogP contribution in [0.25, 0.3) is 5.57 Å². The first-order valence-electron chi connectivity index (χ1n) is 11.9. The summed E-state index contributed by atoms with van der Waals surface area (Å²) in [5.41, 5.74) is 9.20. The number of carbonyl (C=O) groups excluding carboxylic acids is 1. The van der Waals surface area contributed by atoms with E-state index in [0.717, 1.165) is 73.4 Å². The van der Waals surface area contributed by atoms with Crippen LogP contribution in [0.4, 0.5) is 5.69 Å². The Bertz CT molecular complexity index is 1190. The molecule has 2 aliphatic carbocycles. The molecule has 2 aromatic carbocycles. The van der Waals surface area contributed by atoms with Gasteiger partial charge in [0.05, 0.1) is 11.6 Å². The van der Waals surface area contributed by atoms with Gasteiger partial charge < -0.3 is 9.80 Å². The van der Waals surface area contributed by atoms with Crippen molar-refractivity contribution >= 4 is 17.0 Å². The van der Waals surface area contributed by atoms with Crippen molar-refractivity contribution in [1.82, 2.24) is 4.90 Å². The molecule has 32 heavy (non-hydrogen) atoms. The lowest BCUT2D eigenvalue weighted by Gasteiger charge is -2.39. The van der Waals surface area contributed by atoms with E-state index in [1.54, 1.807) is 0 Å². The molecule has 0 unspecified atom stereocenters. The molecule has 1 saturated heterocycles. The summed E-state index contributed by atoms with van der Waals surface area (Å²) in [6, 6.07) is 12.5. The van der Waals surface area contributed by atoms with E-state index in [1.807, 2.05) is 18.2 Å². The zero-order valence-electron chi connectivity index (χ0n) is 19.6. The van der Waals surface area contributed by atoms with Crippen LogP contribution in [0.3, 0.4) is 0 Å². The van der Waals surface area contributed by atoms with E-state index in [2.05, 4.69) is 55.7 Å². The van der Waals surface area contributed by atoms with Gasteiger partial charge in [0, 0.05) is 48.4 Å². The molecule has 0 amide bonds. The van der Waals surface area contributed by atoms with E-state index in [4.69, 9.17) is 0 Å². The van der Waals surface area contributed by atoms with Crippen molar-refractivity contribution in [2.75, 3.05) is 37.6 Å². The van der Waals surface area contributed by atoms with Gasteiger partial charge in [0.1, 0.15) is 0 Å². The zero-order valence-corrected chi connectivity index (χ0v) is 19.6. The molecule has 1 heterocycles. The monoisotopic (exact) mass is 425 g/mol. The van der Waals surface area contributed by atoms with Crippen LogP contribution < -0.4 is 4.90 Å². The van der Waals surface area contributed by atoms with Crippen LogP contribution in [0.1, 0.15) is 65.9 Å². The molecule has 2 aromatic rings. The number of benzene rings is 2. The molecule has 0 spiro atoms. The van der Waals surface area contributed by atoms with Crippen molar-refractivity contribution in [2.45, 2.75) is 46.0 Å². The number of rotatable bonds is 3. The number of hydrogen-bond donors (Lipinski definition) is 0. The lowest BCUT2D eigenvalue weighted by molar-refractivity contribution is 0.105. The fourth-order valence-corrected chi connectivity index (χ4v) is 5.81. The highest BCUT2D eigenvalue weighted by Crippen LogP contribution is 2.51. The zero-order chi connectivity index (χ0) is 22.6. The molecule has 3 aliphatic rings. The van der Waals surface area contributed by atoms with Gasteiger partial charge in [-0.3, -0.25) is 4.79 Å². The Hall–Kier alpha value is -2.90. The van der Waals surface area contributed by atoms with Crippen LogP contribution in [0, 0.1) is 11.3 Å². The number of ketones is 1. The highest BCUT2D eigenvalue weighted by Gasteiger charge is 2.43. The molecule has 0 bridgehead atoms. The Morgan fingerprint density at radius 1 is 1.03 bits per heavy atom. The van der Waals surface area contributed by atoms with Gasteiger partial charge in [-0.25, -0.2) is 0 Å². The minimum atomic E-state index is -0.226. The Labute approximate surface area is 191 Å². The summed E-state index contributed by atoms with van der Waals surface area (Å²) in [4.78, 5) is 18.8. The van der Waals surface area contributed by atoms with Gasteiger partial charge in [-0.2, -0.15) is 5.26 Å². The summed E-state index contributed by atoms with van der Waals surface area (Å²) in [5, 5.41) is 9.33. The van der Waals surface area contributed by atoms with Crippen molar-refractivity contribution in [3.05, 3.63) is 69.3 Å². The number of nitriles is 1. The maximum atomic E-state index is 13.8. The number of piperazine rings is 1. The van der Waals surface area contributed by atoms with Crippen LogP contribution in [-0.4, -0.2) is 43.4 Å². The molecule has 5 rings (SSSR count). The summed E-state index contributed by atoms with van der Waals surface area (Å²) in [6.45, 7) is 14.3. The minimum Gasteiger partial charge on any atom is -0.369 e. The Kier molecular flexibility index (Phi) is 4.98. The highest BCUT2D eigenvalue weighted by molar-refractivity contribution is 6.33. The largest absolute Gasteiger partial charge is 0.369 e. The second-order valence-corrected chi connectivity index (χ2v) is 9.77. The molecular formula is C28H31N3O. The maximum Gasteiger partial charge on any atom is 0.193 e. The molecule has 0 saturated carbocycles. The second-order valence-electron chi connectivity index (χ2n) is 9.77. The van der Waals surface area contributed by atoms with Gasteiger partial charge in [-0.05, 0) is 71.5 Å². The minimum absolute atomic E-state index is 0.148. The molecule has 0 radical (unpaired) electrons. The SMILES string of the molecule is CCc1cc2c(cc1N1CCN(CC)CC1)C(C)(C)C1=C(C2=O)c2ccc(C#N)cc2C1. The van der Waals surface area contributed by atoms with E-state index in [-0.39, 0.29) is 11.2 Å². The number of likely N-dealkylation sites (N-methyl/N-ethyl adjacent to an activating group) is 1. The van der Waals surface area contributed by atoms with Crippen molar-refractivity contribution in [3.63, 3.8) is 0 Å². The maximum absolute atomic E-state index is 13.8. The normalized spacial score (nSPS) is 19.5.